The topological polar surface area (TPSA) is 141 Å². The van der Waals surface area contributed by atoms with Gasteiger partial charge in [0.15, 0.2) is 16.7 Å². The molecule has 1 aromatic heterocycles. The maximum Gasteiger partial charge on any atom is 0.485 e. The molecule has 0 amide bonds. The Morgan fingerprint density at radius 2 is 1.52 bits per heavy atom. The second-order valence-electron chi connectivity index (χ2n) is 5.16. The van der Waals surface area contributed by atoms with Crippen LogP contribution in [0.4, 0.5) is 19.1 Å². The summed E-state index contributed by atoms with van der Waals surface area (Å²) in [6.45, 7) is 2.19. The first kappa shape index (κ1) is 24.7. The number of alkyl halides is 3. The summed E-state index contributed by atoms with van der Waals surface area (Å²) in [6.07, 6.45) is 0. The molecule has 0 fully saturated rings. The minimum absolute atomic E-state index is 0.101. The van der Waals surface area contributed by atoms with Crippen molar-refractivity contribution < 1.29 is 45.1 Å². The highest BCUT2D eigenvalue weighted by Gasteiger charge is 2.37. The number of likely N-dealkylation sites (N-methyl/N-ethyl adjacent to an activating group) is 1. The molecule has 0 aromatic carbocycles. The van der Waals surface area contributed by atoms with Crippen LogP contribution in [0.25, 0.3) is 0 Å². The van der Waals surface area contributed by atoms with Crippen molar-refractivity contribution in [2.75, 3.05) is 41.5 Å². The number of carbonyl (C=O) groups excluding carboxylic acids is 1. The number of hydrogen-bond donors (Lipinski definition) is 0. The third kappa shape index (κ3) is 8.31. The van der Waals surface area contributed by atoms with Crippen molar-refractivity contribution >= 4 is 22.0 Å². The molecular formula is C12H19F3N4O7S. The standard InChI is InChI=1S/C11H19N4O4.CHF3O3S/c1-6-19-8(16)7-15(2,3)9-12-10(17-4)14-11(13-9)18-5;2-1(3,4)8(5,6)7/h6-7H2,1-5H3;(H,5,6,7)/q+1;/p-1. The molecule has 0 N–H and O–H groups in total. The zero-order valence-corrected chi connectivity index (χ0v) is 15.9. The summed E-state index contributed by atoms with van der Waals surface area (Å²) in [7, 11) is 0.372. The Hall–Kier alpha value is -2.26. The van der Waals surface area contributed by atoms with Gasteiger partial charge in [-0.2, -0.15) is 13.2 Å². The summed E-state index contributed by atoms with van der Waals surface area (Å²) in [6, 6.07) is 0.272. The van der Waals surface area contributed by atoms with Gasteiger partial charge < -0.3 is 18.8 Å². The van der Waals surface area contributed by atoms with Crippen molar-refractivity contribution in [2.45, 2.75) is 12.4 Å². The molecule has 1 rings (SSSR count). The van der Waals surface area contributed by atoms with Crippen LogP contribution in [-0.2, 0) is 19.6 Å². The van der Waals surface area contributed by atoms with Crippen molar-refractivity contribution in [3.63, 3.8) is 0 Å². The highest BCUT2D eigenvalue weighted by molar-refractivity contribution is 7.86. The average Bonchev–Trinajstić information content (AvgIpc) is 2.52. The minimum atomic E-state index is -6.09. The molecule has 15 heteroatoms. The summed E-state index contributed by atoms with van der Waals surface area (Å²) in [5.41, 5.74) is -5.65. The molecule has 0 bridgehead atoms. The molecule has 156 valence electrons. The van der Waals surface area contributed by atoms with Gasteiger partial charge in [0.05, 0.1) is 34.9 Å². The first-order valence-electron chi connectivity index (χ1n) is 7.03. The second kappa shape index (κ2) is 9.61. The van der Waals surface area contributed by atoms with Crippen LogP contribution in [0.1, 0.15) is 6.92 Å². The lowest BCUT2D eigenvalue weighted by Gasteiger charge is -2.25. The maximum absolute atomic E-state index is 11.6. The third-order valence-corrected chi connectivity index (χ3v) is 3.17. The molecule has 0 unspecified atom stereocenters. The molecule has 0 spiro atoms. The molecule has 1 aromatic rings. The second-order valence-corrected chi connectivity index (χ2v) is 6.53. The van der Waals surface area contributed by atoms with Gasteiger partial charge in [-0.25, -0.2) is 13.2 Å². The number of carbonyl (C=O) groups is 1. The lowest BCUT2D eigenvalue weighted by molar-refractivity contribution is -0.143. The minimum Gasteiger partial charge on any atom is -0.741 e. The quantitative estimate of drug-likeness (QED) is 0.269. The van der Waals surface area contributed by atoms with E-state index in [0.717, 1.165) is 0 Å². The molecule has 0 atom stereocenters. The van der Waals surface area contributed by atoms with E-state index in [4.69, 9.17) is 27.2 Å². The van der Waals surface area contributed by atoms with Crippen molar-refractivity contribution in [3.05, 3.63) is 0 Å². The van der Waals surface area contributed by atoms with E-state index in [9.17, 15) is 18.0 Å². The predicted octanol–water partition coefficient (Wildman–Crippen LogP) is 0.0702. The van der Waals surface area contributed by atoms with Gasteiger partial charge in [-0.15, -0.1) is 15.0 Å². The molecule has 0 aliphatic carbocycles. The number of hydrogen-bond acceptors (Lipinski definition) is 10. The number of halogens is 3. The summed E-state index contributed by atoms with van der Waals surface area (Å²) < 4.78 is 73.9. The molecule has 0 radical (unpaired) electrons. The van der Waals surface area contributed by atoms with Crippen molar-refractivity contribution in [1.29, 1.82) is 0 Å². The molecule has 1 heterocycles. The van der Waals surface area contributed by atoms with Gasteiger partial charge in [0, 0.05) is 0 Å². The van der Waals surface area contributed by atoms with E-state index in [0.29, 0.717) is 12.6 Å². The first-order chi connectivity index (χ1) is 12.2. The first-order valence-corrected chi connectivity index (χ1v) is 8.44. The Kier molecular flexibility index (Phi) is 8.81. The zero-order valence-electron chi connectivity index (χ0n) is 15.1. The monoisotopic (exact) mass is 420 g/mol. The lowest BCUT2D eigenvalue weighted by atomic mass is 10.5. The van der Waals surface area contributed by atoms with Crippen LogP contribution >= 0.6 is 0 Å². The summed E-state index contributed by atoms with van der Waals surface area (Å²) in [5, 5.41) is 0. The SMILES string of the molecule is CCOC(=O)C[N+](C)(C)c1nc(OC)nc(OC)n1.O=S(=O)([O-])C(F)(F)F. The van der Waals surface area contributed by atoms with E-state index in [1.807, 2.05) is 0 Å². The fourth-order valence-electron chi connectivity index (χ4n) is 1.38. The van der Waals surface area contributed by atoms with Gasteiger partial charge in [-0.3, -0.25) is 4.48 Å². The van der Waals surface area contributed by atoms with E-state index in [1.54, 1.807) is 21.0 Å². The number of aromatic nitrogens is 3. The number of ether oxygens (including phenoxy) is 3. The molecule has 0 saturated heterocycles. The molecule has 0 saturated carbocycles. The Balaban J connectivity index is 0.000000713. The number of quaternary nitrogens is 1. The van der Waals surface area contributed by atoms with Crippen molar-refractivity contribution in [1.82, 2.24) is 19.4 Å². The van der Waals surface area contributed by atoms with Crippen LogP contribution < -0.4 is 14.0 Å². The fraction of sp³-hybridized carbons (Fsp3) is 0.667. The summed E-state index contributed by atoms with van der Waals surface area (Å²) in [5.74, 6) is 0.0302. The van der Waals surface area contributed by atoms with E-state index in [1.165, 1.54) is 14.2 Å². The molecular weight excluding hydrogens is 401 g/mol. The van der Waals surface area contributed by atoms with Crippen LogP contribution in [0.2, 0.25) is 0 Å². The van der Waals surface area contributed by atoms with Crippen LogP contribution in [-0.4, -0.2) is 80.9 Å². The van der Waals surface area contributed by atoms with Gasteiger partial charge in [0.2, 0.25) is 0 Å². The predicted molar refractivity (Wildman–Crippen MR) is 83.8 cm³/mol. The molecule has 0 aliphatic rings. The van der Waals surface area contributed by atoms with E-state index in [-0.39, 0.29) is 29.0 Å². The van der Waals surface area contributed by atoms with E-state index >= 15 is 0 Å². The van der Waals surface area contributed by atoms with E-state index in [2.05, 4.69) is 15.0 Å². The highest BCUT2D eigenvalue weighted by Crippen LogP contribution is 2.20. The maximum atomic E-state index is 11.6. The van der Waals surface area contributed by atoms with Crippen LogP contribution in [0.5, 0.6) is 12.0 Å². The van der Waals surface area contributed by atoms with Gasteiger partial charge in [-0.1, -0.05) is 0 Å². The van der Waals surface area contributed by atoms with Gasteiger partial charge in [0.1, 0.15) is 0 Å². The van der Waals surface area contributed by atoms with Gasteiger partial charge in [-0.05, 0) is 6.92 Å². The number of rotatable bonds is 6. The summed E-state index contributed by atoms with van der Waals surface area (Å²) >= 11 is 0. The lowest BCUT2D eigenvalue weighted by Crippen LogP contribution is -2.46. The number of nitrogens with zero attached hydrogens (tertiary/aromatic N) is 4. The Morgan fingerprint density at radius 3 is 1.81 bits per heavy atom. The smallest absolute Gasteiger partial charge is 0.485 e. The Morgan fingerprint density at radius 1 is 1.11 bits per heavy atom. The number of methoxy groups -OCH3 is 2. The van der Waals surface area contributed by atoms with Crippen LogP contribution in [0.3, 0.4) is 0 Å². The normalized spacial score (nSPS) is 11.9. The molecule has 27 heavy (non-hydrogen) atoms. The average molecular weight is 420 g/mol. The summed E-state index contributed by atoms with van der Waals surface area (Å²) in [4.78, 5) is 23.7. The molecule has 11 nitrogen and oxygen atoms in total. The van der Waals surface area contributed by atoms with Crippen LogP contribution in [0, 0.1) is 0 Å². The molecule has 0 aliphatic heterocycles. The highest BCUT2D eigenvalue weighted by atomic mass is 32.2. The van der Waals surface area contributed by atoms with Crippen LogP contribution in [0.15, 0.2) is 0 Å². The fourth-order valence-corrected chi connectivity index (χ4v) is 1.38. The Labute approximate surface area is 153 Å². The zero-order chi connectivity index (χ0) is 21.5. The van der Waals surface area contributed by atoms with Crippen molar-refractivity contribution in [3.8, 4) is 12.0 Å². The Bertz CT molecular complexity index is 719. The largest absolute Gasteiger partial charge is 0.741 e. The van der Waals surface area contributed by atoms with Gasteiger partial charge >= 0.3 is 29.4 Å². The third-order valence-electron chi connectivity index (χ3n) is 2.60. The van der Waals surface area contributed by atoms with Gasteiger partial charge in [0.25, 0.3) is 0 Å². The number of esters is 1. The van der Waals surface area contributed by atoms with Crippen molar-refractivity contribution in [2.24, 2.45) is 0 Å². The van der Waals surface area contributed by atoms with E-state index < -0.39 is 15.6 Å².